The Balaban J connectivity index is 0.953. The Morgan fingerprint density at radius 3 is 1.82 bits per heavy atom. The van der Waals surface area contributed by atoms with Crippen molar-refractivity contribution in [1.29, 1.82) is 0 Å². The van der Waals surface area contributed by atoms with Crippen molar-refractivity contribution in [2.75, 3.05) is 0 Å². The quantitative estimate of drug-likeness (QED) is 0.177. The Bertz CT molecular complexity index is 3310. The number of hydrogen-bond donors (Lipinski definition) is 0. The molecule has 5 heteroatoms. The fraction of sp³-hybridized carbons (Fsp3) is 0.211. The number of furan rings is 1. The van der Waals surface area contributed by atoms with Gasteiger partial charge >= 0.3 is 0 Å². The summed E-state index contributed by atoms with van der Waals surface area (Å²) < 4.78 is 13.0. The molecule has 0 saturated heterocycles. The molecule has 5 atom stereocenters. The standard InChI is InChI=1S/C57H43N3O2/c1-33-27-39-31-55(30-34(2)56(33,39)32-55)38-23-19-35(20-24-38)52-58-53(36-21-25-49-43(28-36)42-13-5-9-17-48(42)61-49)60-54(59-52)37-22-26-51-47(29-37)57(46-16-8-10-18-50(46)62-51)44-14-6-3-11-40(44)41-12-4-7-15-45(41)57/h3-26,28-29,33-34,39H,27,30-32H2,1-2H3/t33?,34-,39?,55?,56-/m0/s1. The fourth-order valence-corrected chi connectivity index (χ4v) is 13.8. The predicted molar refractivity (Wildman–Crippen MR) is 245 cm³/mol. The minimum absolute atomic E-state index is 0.281. The third-order valence-corrected chi connectivity index (χ3v) is 16.3. The van der Waals surface area contributed by atoms with E-state index in [1.54, 1.807) is 0 Å². The number of rotatable bonds is 4. The maximum Gasteiger partial charge on any atom is 0.164 e. The number of hydrogen-bond acceptors (Lipinski definition) is 5. The first-order valence-electron chi connectivity index (χ1n) is 22.3. The summed E-state index contributed by atoms with van der Waals surface area (Å²) >= 11 is 0. The van der Waals surface area contributed by atoms with Crippen LogP contribution in [0.2, 0.25) is 0 Å². The first-order chi connectivity index (χ1) is 30.4. The minimum Gasteiger partial charge on any atom is -0.457 e. The topological polar surface area (TPSA) is 61.0 Å². The molecule has 62 heavy (non-hydrogen) atoms. The minimum atomic E-state index is -0.595. The molecule has 5 aliphatic rings. The lowest BCUT2D eigenvalue weighted by atomic mass is 9.50. The highest BCUT2D eigenvalue weighted by molar-refractivity contribution is 6.06. The molecule has 298 valence electrons. The van der Waals surface area contributed by atoms with Crippen molar-refractivity contribution < 1.29 is 9.15 Å². The molecule has 0 N–H and O–H groups in total. The van der Waals surface area contributed by atoms with Crippen molar-refractivity contribution in [3.05, 3.63) is 186 Å². The van der Waals surface area contributed by atoms with Crippen LogP contribution >= 0.6 is 0 Å². The average molecular weight is 802 g/mol. The van der Waals surface area contributed by atoms with Crippen LogP contribution in [0.15, 0.2) is 162 Å². The number of ether oxygens (including phenoxy) is 1. The second kappa shape index (κ2) is 12.2. The van der Waals surface area contributed by atoms with E-state index in [1.807, 2.05) is 18.2 Å². The molecule has 2 bridgehead atoms. The van der Waals surface area contributed by atoms with Crippen molar-refractivity contribution in [2.24, 2.45) is 23.2 Å². The molecular formula is C57H43N3O2. The van der Waals surface area contributed by atoms with Crippen LogP contribution in [0.1, 0.15) is 67.3 Å². The molecule has 3 saturated carbocycles. The van der Waals surface area contributed by atoms with E-state index in [9.17, 15) is 0 Å². The van der Waals surface area contributed by atoms with E-state index in [0.717, 1.165) is 79.0 Å². The van der Waals surface area contributed by atoms with E-state index >= 15 is 0 Å². The smallest absolute Gasteiger partial charge is 0.164 e. The van der Waals surface area contributed by atoms with E-state index in [0.29, 0.717) is 22.9 Å². The molecule has 0 radical (unpaired) electrons. The number of aromatic nitrogens is 3. The summed E-state index contributed by atoms with van der Waals surface area (Å²) in [5.41, 5.74) is 13.4. The zero-order valence-electron chi connectivity index (χ0n) is 34.7. The van der Waals surface area contributed by atoms with E-state index in [-0.39, 0.29) is 5.41 Å². The third kappa shape index (κ3) is 4.40. The molecule has 1 aliphatic heterocycles. The molecule has 2 spiro atoms. The Morgan fingerprint density at radius 2 is 1.10 bits per heavy atom. The molecule has 4 aliphatic carbocycles. The predicted octanol–water partition coefficient (Wildman–Crippen LogP) is 14.0. The second-order valence-electron chi connectivity index (χ2n) is 19.1. The summed E-state index contributed by atoms with van der Waals surface area (Å²) in [4.78, 5) is 15.9. The van der Waals surface area contributed by atoms with Crippen LogP contribution < -0.4 is 4.74 Å². The lowest BCUT2D eigenvalue weighted by Crippen LogP contribution is -2.48. The molecule has 0 amide bonds. The summed E-state index contributed by atoms with van der Waals surface area (Å²) in [5, 5.41) is 2.11. The van der Waals surface area contributed by atoms with Gasteiger partial charge in [-0.2, -0.15) is 0 Å². The number of fused-ring (bicyclic) bond motifs is 13. The van der Waals surface area contributed by atoms with Crippen LogP contribution in [-0.2, 0) is 10.8 Å². The van der Waals surface area contributed by atoms with Gasteiger partial charge in [-0.3, -0.25) is 0 Å². The normalized spacial score (nSPS) is 24.3. The molecule has 5 nitrogen and oxygen atoms in total. The molecule has 3 fully saturated rings. The highest BCUT2D eigenvalue weighted by Gasteiger charge is 2.70. The fourth-order valence-electron chi connectivity index (χ4n) is 13.8. The largest absolute Gasteiger partial charge is 0.457 e. The molecular weight excluding hydrogens is 759 g/mol. The van der Waals surface area contributed by atoms with Crippen LogP contribution in [0.25, 0.3) is 67.2 Å². The zero-order valence-corrected chi connectivity index (χ0v) is 34.7. The van der Waals surface area contributed by atoms with Gasteiger partial charge in [-0.05, 0) is 131 Å². The third-order valence-electron chi connectivity index (χ3n) is 16.3. The van der Waals surface area contributed by atoms with Crippen molar-refractivity contribution in [2.45, 2.75) is 50.4 Å². The van der Waals surface area contributed by atoms with E-state index in [4.69, 9.17) is 24.1 Å². The van der Waals surface area contributed by atoms with Crippen LogP contribution in [0, 0.1) is 23.2 Å². The van der Waals surface area contributed by atoms with Gasteiger partial charge in [-0.1, -0.05) is 123 Å². The summed E-state index contributed by atoms with van der Waals surface area (Å²) in [7, 11) is 0. The van der Waals surface area contributed by atoms with Gasteiger partial charge in [0.1, 0.15) is 22.7 Å². The van der Waals surface area contributed by atoms with Crippen molar-refractivity contribution >= 4 is 21.9 Å². The Morgan fingerprint density at radius 1 is 0.500 bits per heavy atom. The number of benzene rings is 7. The summed E-state index contributed by atoms with van der Waals surface area (Å²) in [6.45, 7) is 5.02. The molecule has 3 heterocycles. The van der Waals surface area contributed by atoms with Crippen LogP contribution in [-0.4, -0.2) is 15.0 Å². The average Bonchev–Trinajstić information content (AvgIpc) is 4.03. The molecule has 3 unspecified atom stereocenters. The summed E-state index contributed by atoms with van der Waals surface area (Å²) in [6.07, 6.45) is 5.35. The van der Waals surface area contributed by atoms with Gasteiger partial charge in [0.25, 0.3) is 0 Å². The first kappa shape index (κ1) is 34.8. The van der Waals surface area contributed by atoms with Crippen molar-refractivity contribution in [3.63, 3.8) is 0 Å². The SMILES string of the molecule is CC1CC2CC3(c4ccc(-c5nc(-c6ccc7c(c6)C6(c8ccccc8O7)c7ccccc7-c7ccccc76)nc(-c6ccc7oc8ccccc8c7c6)n5)cc4)C[C@H](C)[C@]12C3. The lowest BCUT2D eigenvalue weighted by molar-refractivity contribution is -0.0618. The molecule has 7 aromatic carbocycles. The van der Waals surface area contributed by atoms with Gasteiger partial charge in [-0.25, -0.2) is 15.0 Å². The van der Waals surface area contributed by atoms with Crippen molar-refractivity contribution in [3.8, 4) is 56.8 Å². The van der Waals surface area contributed by atoms with Gasteiger partial charge in [-0.15, -0.1) is 0 Å². The molecule has 2 aromatic heterocycles. The van der Waals surface area contributed by atoms with Crippen LogP contribution in [0.5, 0.6) is 11.5 Å². The maximum atomic E-state index is 6.78. The van der Waals surface area contributed by atoms with E-state index < -0.39 is 5.41 Å². The monoisotopic (exact) mass is 801 g/mol. The lowest BCUT2D eigenvalue weighted by Gasteiger charge is -2.55. The Kier molecular flexibility index (Phi) is 6.83. The summed E-state index contributed by atoms with van der Waals surface area (Å²) in [6, 6.07) is 56.5. The highest BCUT2D eigenvalue weighted by Crippen LogP contribution is 2.77. The Hall–Kier alpha value is -6.85. The van der Waals surface area contributed by atoms with E-state index in [1.165, 1.54) is 53.5 Å². The van der Waals surface area contributed by atoms with Crippen LogP contribution in [0.4, 0.5) is 0 Å². The maximum absolute atomic E-state index is 6.78. The van der Waals surface area contributed by atoms with Crippen LogP contribution in [0.3, 0.4) is 0 Å². The van der Waals surface area contributed by atoms with Gasteiger partial charge in [0, 0.05) is 38.6 Å². The molecule has 9 aromatic rings. The van der Waals surface area contributed by atoms with E-state index in [2.05, 4.69) is 153 Å². The number of nitrogens with zero attached hydrogens (tertiary/aromatic N) is 3. The highest BCUT2D eigenvalue weighted by atomic mass is 16.5. The number of para-hydroxylation sites is 2. The summed E-state index contributed by atoms with van der Waals surface area (Å²) in [5.74, 6) is 6.10. The molecule has 14 rings (SSSR count). The van der Waals surface area contributed by atoms with Gasteiger partial charge in [0.05, 0.1) is 5.41 Å². The zero-order chi connectivity index (χ0) is 41.0. The first-order valence-corrected chi connectivity index (χ1v) is 22.3. The van der Waals surface area contributed by atoms with Gasteiger partial charge in [0.15, 0.2) is 17.5 Å². The van der Waals surface area contributed by atoms with Gasteiger partial charge in [0.2, 0.25) is 0 Å². The van der Waals surface area contributed by atoms with Gasteiger partial charge < -0.3 is 9.15 Å². The van der Waals surface area contributed by atoms with Crippen molar-refractivity contribution in [1.82, 2.24) is 15.0 Å². The second-order valence-corrected chi connectivity index (χ2v) is 19.1. The Labute approximate surface area is 360 Å².